The van der Waals surface area contributed by atoms with Gasteiger partial charge in [-0.25, -0.2) is 9.29 Å². The highest BCUT2D eigenvalue weighted by Crippen LogP contribution is 2.40. The fourth-order valence-electron chi connectivity index (χ4n) is 2.60. The molecular weight excluding hydrogens is 411 g/mol. The number of nitriles is 1. The largest absolute Gasteiger partial charge is 0.386 e. The van der Waals surface area contributed by atoms with Crippen molar-refractivity contribution in [1.82, 2.24) is 9.29 Å². The summed E-state index contributed by atoms with van der Waals surface area (Å²) in [5, 5.41) is 21.6. The van der Waals surface area contributed by atoms with Gasteiger partial charge in [-0.05, 0) is 42.3 Å². The molecule has 0 aliphatic carbocycles. The maximum atomic E-state index is 10.9. The molecule has 1 aromatic carbocycles. The van der Waals surface area contributed by atoms with E-state index in [9.17, 15) is 5.11 Å². The van der Waals surface area contributed by atoms with Crippen LogP contribution in [-0.2, 0) is 0 Å². The normalized spacial score (nSPS) is 23.1. The Morgan fingerprint density at radius 1 is 1.38 bits per heavy atom. The van der Waals surface area contributed by atoms with Crippen LogP contribution in [-0.4, -0.2) is 44.9 Å². The van der Waals surface area contributed by atoms with Gasteiger partial charge in [-0.15, -0.1) is 0 Å². The number of nitrogens with zero attached hydrogens (tertiary/aromatic N) is 3. The highest BCUT2D eigenvalue weighted by atomic mass is 35.5. The van der Waals surface area contributed by atoms with Crippen LogP contribution in [0, 0.1) is 11.3 Å². The van der Waals surface area contributed by atoms with Crippen molar-refractivity contribution >= 4 is 46.9 Å². The quantitative estimate of drug-likeness (QED) is 0.707. The summed E-state index contributed by atoms with van der Waals surface area (Å²) in [4.78, 5) is 5.12. The van der Waals surface area contributed by atoms with Crippen molar-refractivity contribution in [2.45, 2.75) is 20.8 Å². The molecular formula is C17H16Cl2N4OS2. The Morgan fingerprint density at radius 3 is 2.81 bits per heavy atom. The first-order chi connectivity index (χ1) is 12.4. The minimum atomic E-state index is -1.03. The van der Waals surface area contributed by atoms with E-state index >= 15 is 0 Å². The molecule has 5 nitrogen and oxygen atoms in total. The van der Waals surface area contributed by atoms with E-state index < -0.39 is 5.60 Å². The van der Waals surface area contributed by atoms with Crippen LogP contribution in [0.5, 0.6) is 0 Å². The highest BCUT2D eigenvalue weighted by Gasteiger charge is 2.45. The second-order valence-corrected chi connectivity index (χ2v) is 9.11. The van der Waals surface area contributed by atoms with Gasteiger partial charge in [-0.2, -0.15) is 5.26 Å². The third-order valence-electron chi connectivity index (χ3n) is 4.02. The van der Waals surface area contributed by atoms with Gasteiger partial charge in [0.2, 0.25) is 0 Å². The Balaban J connectivity index is 1.73. The number of halogens is 2. The molecule has 26 heavy (non-hydrogen) atoms. The predicted molar refractivity (Wildman–Crippen MR) is 106 cm³/mol. The molecule has 0 amide bonds. The summed E-state index contributed by atoms with van der Waals surface area (Å²) in [5.74, 6) is 0. The molecule has 3 rings (SSSR count). The van der Waals surface area contributed by atoms with E-state index in [0.717, 1.165) is 9.92 Å². The van der Waals surface area contributed by atoms with E-state index in [-0.39, 0.29) is 11.8 Å². The van der Waals surface area contributed by atoms with E-state index in [1.54, 1.807) is 24.4 Å². The summed E-state index contributed by atoms with van der Waals surface area (Å²) in [7, 11) is 0. The first-order valence-corrected chi connectivity index (χ1v) is 10.2. The van der Waals surface area contributed by atoms with Crippen molar-refractivity contribution in [1.29, 1.82) is 5.26 Å². The first-order valence-electron chi connectivity index (χ1n) is 7.77. The van der Waals surface area contributed by atoms with Gasteiger partial charge in [0.25, 0.3) is 0 Å². The summed E-state index contributed by atoms with van der Waals surface area (Å²) in [5.41, 5.74) is 5.34. The molecule has 1 saturated heterocycles. The van der Waals surface area contributed by atoms with Crippen molar-refractivity contribution in [2.75, 3.05) is 19.6 Å². The maximum Gasteiger partial charge on any atom is 0.104 e. The molecule has 2 heterocycles. The standard InChI is InChI=1S/C17H16Cl2N4OS2/c18-12-2-4-16(22-7-12)25-15-8-23(10-17(15,24)9-21)26-14-3-1-11(6-20)5-13(14)19/h1-5,7,15,24H,8-10,21H2/t15-,17?/m0/s1. The third kappa shape index (κ3) is 4.46. The van der Waals surface area contributed by atoms with E-state index in [2.05, 4.69) is 11.1 Å². The SMILES string of the molecule is N#Cc1ccc(SN2C[C@H](Sc3ccc(Cl)cn3)C(O)(CN)C2)c(Cl)c1. The van der Waals surface area contributed by atoms with Gasteiger partial charge in [0.1, 0.15) is 5.60 Å². The number of rotatable bonds is 5. The lowest BCUT2D eigenvalue weighted by atomic mass is 10.0. The molecule has 0 spiro atoms. The fourth-order valence-corrected chi connectivity index (χ4v) is 5.35. The van der Waals surface area contributed by atoms with Crippen molar-refractivity contribution in [3.63, 3.8) is 0 Å². The highest BCUT2D eigenvalue weighted by molar-refractivity contribution is 8.00. The topological polar surface area (TPSA) is 86.2 Å². The number of pyridine rings is 1. The van der Waals surface area contributed by atoms with Crippen molar-refractivity contribution in [3.8, 4) is 6.07 Å². The predicted octanol–water partition coefficient (Wildman–Crippen LogP) is 3.43. The zero-order valence-corrected chi connectivity index (χ0v) is 16.7. The Labute approximate surface area is 170 Å². The van der Waals surface area contributed by atoms with Crippen molar-refractivity contribution in [3.05, 3.63) is 52.1 Å². The molecule has 3 N–H and O–H groups in total. The molecule has 1 aliphatic heterocycles. The summed E-state index contributed by atoms with van der Waals surface area (Å²) in [6, 6.07) is 10.8. The molecule has 1 unspecified atom stereocenters. The molecule has 1 aromatic heterocycles. The molecule has 2 atom stereocenters. The van der Waals surface area contributed by atoms with Crippen molar-refractivity contribution < 1.29 is 5.11 Å². The molecule has 136 valence electrons. The second-order valence-electron chi connectivity index (χ2n) is 5.90. The molecule has 0 saturated carbocycles. The molecule has 0 bridgehead atoms. The molecule has 0 radical (unpaired) electrons. The van der Waals surface area contributed by atoms with Gasteiger partial charge < -0.3 is 10.8 Å². The lowest BCUT2D eigenvalue weighted by Crippen LogP contribution is -2.46. The molecule has 1 fully saturated rings. The summed E-state index contributed by atoms with van der Waals surface area (Å²) in [6.45, 7) is 1.18. The zero-order chi connectivity index (χ0) is 18.7. The monoisotopic (exact) mass is 426 g/mol. The van der Waals surface area contributed by atoms with Crippen LogP contribution in [0.25, 0.3) is 0 Å². The van der Waals surface area contributed by atoms with Crippen LogP contribution in [0.2, 0.25) is 10.0 Å². The number of hydrogen-bond donors (Lipinski definition) is 2. The Kier molecular flexibility index (Phi) is 6.36. The Bertz CT molecular complexity index is 831. The number of aromatic nitrogens is 1. The minimum Gasteiger partial charge on any atom is -0.386 e. The Hall–Kier alpha value is -0.980. The summed E-state index contributed by atoms with van der Waals surface area (Å²) < 4.78 is 2.04. The fraction of sp³-hybridized carbons (Fsp3) is 0.294. The van der Waals surface area contributed by atoms with E-state index in [1.807, 2.05) is 16.4 Å². The number of aliphatic hydroxyl groups is 1. The lowest BCUT2D eigenvalue weighted by molar-refractivity contribution is 0.0705. The average Bonchev–Trinajstić information content (AvgIpc) is 2.94. The van der Waals surface area contributed by atoms with Crippen LogP contribution in [0.1, 0.15) is 5.56 Å². The average molecular weight is 427 g/mol. The van der Waals surface area contributed by atoms with Crippen molar-refractivity contribution in [2.24, 2.45) is 5.73 Å². The van der Waals surface area contributed by atoms with Crippen LogP contribution >= 0.6 is 46.9 Å². The van der Waals surface area contributed by atoms with Crippen LogP contribution < -0.4 is 5.73 Å². The lowest BCUT2D eigenvalue weighted by Gasteiger charge is -2.26. The van der Waals surface area contributed by atoms with Crippen LogP contribution in [0.4, 0.5) is 0 Å². The summed E-state index contributed by atoms with van der Waals surface area (Å²) in [6.07, 6.45) is 1.59. The zero-order valence-electron chi connectivity index (χ0n) is 13.6. The number of nitrogens with two attached hydrogens (primary N) is 1. The van der Waals surface area contributed by atoms with Gasteiger partial charge in [-0.3, -0.25) is 0 Å². The maximum absolute atomic E-state index is 10.9. The number of hydrogen-bond acceptors (Lipinski definition) is 7. The number of thioether (sulfide) groups is 1. The van der Waals surface area contributed by atoms with E-state index in [0.29, 0.717) is 28.7 Å². The molecule has 1 aliphatic rings. The van der Waals surface area contributed by atoms with Gasteiger partial charge in [0.15, 0.2) is 0 Å². The van der Waals surface area contributed by atoms with Gasteiger partial charge in [0.05, 0.1) is 32.0 Å². The van der Waals surface area contributed by atoms with E-state index in [1.165, 1.54) is 23.7 Å². The minimum absolute atomic E-state index is 0.133. The van der Waals surface area contributed by atoms with Crippen LogP contribution in [0.3, 0.4) is 0 Å². The first kappa shape index (κ1) is 19.8. The molecule has 2 aromatic rings. The van der Waals surface area contributed by atoms with Gasteiger partial charge in [0, 0.05) is 30.7 Å². The van der Waals surface area contributed by atoms with Crippen LogP contribution in [0.15, 0.2) is 46.5 Å². The summed E-state index contributed by atoms with van der Waals surface area (Å²) >= 11 is 15.1. The van der Waals surface area contributed by atoms with Gasteiger partial charge in [-0.1, -0.05) is 35.0 Å². The number of β-amino-alcohol motifs (C(OH)–C–C–N with tert-alkyl or cyclic N) is 1. The third-order valence-corrected chi connectivity index (χ3v) is 7.12. The smallest absolute Gasteiger partial charge is 0.104 e. The van der Waals surface area contributed by atoms with Gasteiger partial charge >= 0.3 is 0 Å². The molecule has 9 heteroatoms. The van der Waals surface area contributed by atoms with E-state index in [4.69, 9.17) is 34.2 Å². The second kappa shape index (κ2) is 8.36. The Morgan fingerprint density at radius 2 is 2.19 bits per heavy atom. The number of benzene rings is 1.